The maximum atomic E-state index is 12.5. The van der Waals surface area contributed by atoms with Crippen LogP contribution in [0.4, 0.5) is 0 Å². The molecule has 8 heteroatoms. The van der Waals surface area contributed by atoms with Crippen molar-refractivity contribution in [1.82, 2.24) is 15.0 Å². The highest BCUT2D eigenvalue weighted by molar-refractivity contribution is 7.91. The molecule has 1 amide bonds. The molecule has 136 valence electrons. The van der Waals surface area contributed by atoms with Crippen LogP contribution in [-0.2, 0) is 21.1 Å². The minimum absolute atomic E-state index is 0.0162. The van der Waals surface area contributed by atoms with Crippen molar-refractivity contribution >= 4 is 15.7 Å². The first-order valence-corrected chi connectivity index (χ1v) is 10.5. The van der Waals surface area contributed by atoms with Crippen LogP contribution in [-0.4, -0.2) is 53.5 Å². The summed E-state index contributed by atoms with van der Waals surface area (Å²) in [5.41, 5.74) is 0. The molecule has 0 bridgehead atoms. The van der Waals surface area contributed by atoms with E-state index >= 15 is 0 Å². The number of aromatic nitrogens is 2. The quantitative estimate of drug-likeness (QED) is 0.706. The predicted molar refractivity (Wildman–Crippen MR) is 90.4 cm³/mol. The van der Waals surface area contributed by atoms with E-state index in [0.717, 1.165) is 6.42 Å². The summed E-state index contributed by atoms with van der Waals surface area (Å²) in [6.45, 7) is 6.60. The van der Waals surface area contributed by atoms with Gasteiger partial charge < -0.3 is 9.42 Å². The van der Waals surface area contributed by atoms with Crippen molar-refractivity contribution in [2.45, 2.75) is 64.8 Å². The molecular weight excluding hydrogens is 330 g/mol. The highest BCUT2D eigenvalue weighted by Gasteiger charge is 2.33. The van der Waals surface area contributed by atoms with Crippen LogP contribution < -0.4 is 0 Å². The standard InChI is InChI=1S/C16H27N3O4S/c1-4-9-19(13-8-10-24(21,22)11-13)15(20)7-5-6-14-17-16(12(2)3)18-23-14/h12-13H,4-11H2,1-3H3. The molecule has 0 spiro atoms. The Morgan fingerprint density at radius 2 is 2.17 bits per heavy atom. The number of aryl methyl sites for hydroxylation is 1. The van der Waals surface area contributed by atoms with E-state index in [0.29, 0.717) is 43.9 Å². The molecule has 0 aliphatic carbocycles. The van der Waals surface area contributed by atoms with Crippen LogP contribution in [0.1, 0.15) is 64.1 Å². The molecule has 1 fully saturated rings. The Labute approximate surface area is 143 Å². The number of nitrogens with zero attached hydrogens (tertiary/aromatic N) is 3. The first-order valence-electron chi connectivity index (χ1n) is 8.64. The van der Waals surface area contributed by atoms with Crippen LogP contribution >= 0.6 is 0 Å². The summed E-state index contributed by atoms with van der Waals surface area (Å²) in [6, 6.07) is -0.168. The molecule has 1 saturated heterocycles. The molecule has 0 saturated carbocycles. The lowest BCUT2D eigenvalue weighted by molar-refractivity contribution is -0.133. The SMILES string of the molecule is CCCN(C(=O)CCCc1nc(C(C)C)no1)C1CCS(=O)(=O)C1. The van der Waals surface area contributed by atoms with E-state index in [1.807, 2.05) is 20.8 Å². The van der Waals surface area contributed by atoms with Gasteiger partial charge in [-0.25, -0.2) is 8.42 Å². The Morgan fingerprint density at radius 1 is 1.42 bits per heavy atom. The van der Waals surface area contributed by atoms with E-state index in [1.54, 1.807) is 4.90 Å². The lowest BCUT2D eigenvalue weighted by atomic mass is 10.1. The number of carbonyl (C=O) groups is 1. The zero-order valence-corrected chi connectivity index (χ0v) is 15.5. The van der Waals surface area contributed by atoms with Crippen molar-refractivity contribution in [2.24, 2.45) is 0 Å². The Bertz CT molecular complexity index is 654. The van der Waals surface area contributed by atoms with Crippen molar-refractivity contribution in [3.8, 4) is 0 Å². The summed E-state index contributed by atoms with van der Waals surface area (Å²) in [7, 11) is -2.99. The van der Waals surface area contributed by atoms with Gasteiger partial charge in [-0.05, 0) is 19.3 Å². The lowest BCUT2D eigenvalue weighted by Crippen LogP contribution is -2.41. The molecule has 2 heterocycles. The third-order valence-corrected chi connectivity index (χ3v) is 5.97. The highest BCUT2D eigenvalue weighted by Crippen LogP contribution is 2.20. The second-order valence-corrected chi connectivity index (χ2v) is 8.93. The fraction of sp³-hybridized carbons (Fsp3) is 0.812. The summed E-state index contributed by atoms with van der Waals surface area (Å²) in [4.78, 5) is 18.5. The van der Waals surface area contributed by atoms with Gasteiger partial charge in [-0.2, -0.15) is 4.98 Å². The van der Waals surface area contributed by atoms with Gasteiger partial charge in [-0.3, -0.25) is 4.79 Å². The molecule has 1 aromatic heterocycles. The van der Waals surface area contributed by atoms with Crippen LogP contribution in [0.25, 0.3) is 0 Å². The van der Waals surface area contributed by atoms with Gasteiger partial charge in [-0.1, -0.05) is 25.9 Å². The molecule has 1 unspecified atom stereocenters. The Kier molecular flexibility index (Phi) is 6.37. The van der Waals surface area contributed by atoms with Gasteiger partial charge in [0.05, 0.1) is 11.5 Å². The molecular formula is C16H27N3O4S. The van der Waals surface area contributed by atoms with E-state index in [9.17, 15) is 13.2 Å². The molecule has 1 aromatic rings. The fourth-order valence-electron chi connectivity index (χ4n) is 2.91. The van der Waals surface area contributed by atoms with Gasteiger partial charge in [-0.15, -0.1) is 0 Å². The summed E-state index contributed by atoms with van der Waals surface area (Å²) in [6.07, 6.45) is 2.93. The average molecular weight is 357 g/mol. The smallest absolute Gasteiger partial charge is 0.226 e. The van der Waals surface area contributed by atoms with Crippen LogP contribution in [0.2, 0.25) is 0 Å². The van der Waals surface area contributed by atoms with Crippen molar-refractivity contribution in [1.29, 1.82) is 0 Å². The zero-order chi connectivity index (χ0) is 17.7. The Balaban J connectivity index is 1.86. The summed E-state index contributed by atoms with van der Waals surface area (Å²) >= 11 is 0. The minimum atomic E-state index is -2.99. The van der Waals surface area contributed by atoms with Crippen LogP contribution in [0.5, 0.6) is 0 Å². The average Bonchev–Trinajstić information content (AvgIpc) is 3.11. The summed E-state index contributed by atoms with van der Waals surface area (Å²) < 4.78 is 28.5. The van der Waals surface area contributed by atoms with E-state index in [4.69, 9.17) is 4.52 Å². The molecule has 1 aliphatic heterocycles. The number of rotatable bonds is 8. The molecule has 1 aliphatic rings. The second kappa shape index (κ2) is 8.09. The van der Waals surface area contributed by atoms with E-state index < -0.39 is 9.84 Å². The highest BCUT2D eigenvalue weighted by atomic mass is 32.2. The van der Waals surface area contributed by atoms with E-state index in [-0.39, 0.29) is 29.4 Å². The van der Waals surface area contributed by atoms with Gasteiger partial charge in [0.2, 0.25) is 11.8 Å². The maximum Gasteiger partial charge on any atom is 0.226 e. The Morgan fingerprint density at radius 3 is 2.71 bits per heavy atom. The van der Waals surface area contributed by atoms with Gasteiger partial charge in [0.25, 0.3) is 0 Å². The van der Waals surface area contributed by atoms with Crippen molar-refractivity contribution in [3.05, 3.63) is 11.7 Å². The monoisotopic (exact) mass is 357 g/mol. The first-order chi connectivity index (χ1) is 11.3. The topological polar surface area (TPSA) is 93.4 Å². The van der Waals surface area contributed by atoms with Gasteiger partial charge in [0.1, 0.15) is 0 Å². The van der Waals surface area contributed by atoms with Gasteiger partial charge >= 0.3 is 0 Å². The second-order valence-electron chi connectivity index (χ2n) is 6.70. The Hall–Kier alpha value is -1.44. The number of carbonyl (C=O) groups excluding carboxylic acids is 1. The number of hydrogen-bond donors (Lipinski definition) is 0. The van der Waals surface area contributed by atoms with E-state index in [2.05, 4.69) is 10.1 Å². The van der Waals surface area contributed by atoms with Crippen LogP contribution in [0.3, 0.4) is 0 Å². The van der Waals surface area contributed by atoms with Crippen molar-refractivity contribution in [3.63, 3.8) is 0 Å². The fourth-order valence-corrected chi connectivity index (χ4v) is 4.64. The molecule has 0 aromatic carbocycles. The molecule has 0 N–H and O–H groups in total. The molecule has 7 nitrogen and oxygen atoms in total. The van der Waals surface area contributed by atoms with Crippen molar-refractivity contribution < 1.29 is 17.7 Å². The molecule has 1 atom stereocenters. The molecule has 0 radical (unpaired) electrons. The lowest BCUT2D eigenvalue weighted by Gasteiger charge is -2.28. The third kappa shape index (κ3) is 5.03. The number of amides is 1. The minimum Gasteiger partial charge on any atom is -0.339 e. The summed E-state index contributed by atoms with van der Waals surface area (Å²) in [5, 5.41) is 3.91. The predicted octanol–water partition coefficient (Wildman–Crippen LogP) is 1.94. The first kappa shape index (κ1) is 18.9. The molecule has 24 heavy (non-hydrogen) atoms. The normalized spacial score (nSPS) is 19.8. The molecule has 2 rings (SSSR count). The van der Waals surface area contributed by atoms with Crippen LogP contribution in [0, 0.1) is 0 Å². The number of hydrogen-bond acceptors (Lipinski definition) is 6. The van der Waals surface area contributed by atoms with Crippen molar-refractivity contribution in [2.75, 3.05) is 18.1 Å². The largest absolute Gasteiger partial charge is 0.339 e. The summed E-state index contributed by atoms with van der Waals surface area (Å²) in [5.74, 6) is 1.75. The van der Waals surface area contributed by atoms with Gasteiger partial charge in [0, 0.05) is 31.3 Å². The third-order valence-electron chi connectivity index (χ3n) is 4.22. The van der Waals surface area contributed by atoms with Crippen LogP contribution in [0.15, 0.2) is 4.52 Å². The number of sulfone groups is 1. The van der Waals surface area contributed by atoms with Gasteiger partial charge in [0.15, 0.2) is 15.7 Å². The zero-order valence-electron chi connectivity index (χ0n) is 14.7. The van der Waals surface area contributed by atoms with E-state index in [1.165, 1.54) is 0 Å². The maximum absolute atomic E-state index is 12.5.